The molecule has 1 aromatic carbocycles. The molecule has 0 aromatic heterocycles. The lowest BCUT2D eigenvalue weighted by atomic mass is 9.92. The van der Waals surface area contributed by atoms with Gasteiger partial charge in [-0.1, -0.05) is 39.0 Å². The highest BCUT2D eigenvalue weighted by Crippen LogP contribution is 2.35. The maximum absolute atomic E-state index is 12.5. The van der Waals surface area contributed by atoms with Gasteiger partial charge in [-0.15, -0.1) is 13.2 Å². The summed E-state index contributed by atoms with van der Waals surface area (Å²) in [5.74, 6) is -0.800. The Morgan fingerprint density at radius 3 is 2.42 bits per heavy atom. The number of rotatable bonds is 5. The Balaban J connectivity index is 2.16. The molecule has 1 aliphatic heterocycles. The Morgan fingerprint density at radius 2 is 1.88 bits per heavy atom. The lowest BCUT2D eigenvalue weighted by Crippen LogP contribution is -2.39. The van der Waals surface area contributed by atoms with Gasteiger partial charge >= 0.3 is 6.36 Å². The number of hydrogen-bond donors (Lipinski definition) is 0. The van der Waals surface area contributed by atoms with Crippen LogP contribution in [0.15, 0.2) is 29.3 Å². The fourth-order valence-corrected chi connectivity index (χ4v) is 2.46. The van der Waals surface area contributed by atoms with Crippen molar-refractivity contribution in [3.05, 3.63) is 29.8 Å². The fraction of sp³-hybridized carbons (Fsp3) is 0.529. The highest BCUT2D eigenvalue weighted by Gasteiger charge is 2.45. The number of benzene rings is 1. The van der Waals surface area contributed by atoms with E-state index in [1.54, 1.807) is 26.0 Å². The van der Waals surface area contributed by atoms with E-state index in [2.05, 4.69) is 9.73 Å². The summed E-state index contributed by atoms with van der Waals surface area (Å²) in [6, 6.07) is 5.93. The summed E-state index contributed by atoms with van der Waals surface area (Å²) in [5, 5.41) is 0. The van der Waals surface area contributed by atoms with E-state index >= 15 is 0 Å². The van der Waals surface area contributed by atoms with Crippen molar-refractivity contribution in [2.75, 3.05) is 0 Å². The predicted octanol–water partition coefficient (Wildman–Crippen LogP) is 4.45. The van der Waals surface area contributed by atoms with E-state index in [1.807, 2.05) is 13.8 Å². The van der Waals surface area contributed by atoms with Gasteiger partial charge in [0.05, 0.1) is 0 Å². The van der Waals surface area contributed by atoms with Crippen molar-refractivity contribution in [2.45, 2.75) is 52.0 Å². The second kappa shape index (κ2) is 6.45. The summed E-state index contributed by atoms with van der Waals surface area (Å²) in [7, 11) is 0. The second-order valence-electron chi connectivity index (χ2n) is 6.37. The van der Waals surface area contributed by atoms with E-state index in [0.29, 0.717) is 5.56 Å². The molecule has 1 aromatic rings. The predicted molar refractivity (Wildman–Crippen MR) is 82.9 cm³/mol. The summed E-state index contributed by atoms with van der Waals surface area (Å²) in [5.41, 5.74) is -0.636. The molecule has 1 aliphatic rings. The first-order valence-electron chi connectivity index (χ1n) is 7.68. The van der Waals surface area contributed by atoms with Crippen molar-refractivity contribution in [1.29, 1.82) is 0 Å². The molecule has 2 atom stereocenters. The summed E-state index contributed by atoms with van der Waals surface area (Å²) < 4.78 is 47.3. The number of halogens is 3. The van der Waals surface area contributed by atoms with Crippen LogP contribution in [0.25, 0.3) is 0 Å². The lowest BCUT2D eigenvalue weighted by Gasteiger charge is -2.26. The molecule has 0 N–H and O–H groups in total. The molecule has 2 rings (SSSR count). The molecule has 0 fully saturated rings. The Kier molecular flexibility index (Phi) is 4.92. The third-order valence-corrected chi connectivity index (χ3v) is 4.24. The van der Waals surface area contributed by atoms with E-state index < -0.39 is 12.0 Å². The van der Waals surface area contributed by atoms with E-state index in [-0.39, 0.29) is 35.8 Å². The van der Waals surface area contributed by atoms with Gasteiger partial charge in [0, 0.05) is 12.3 Å². The van der Waals surface area contributed by atoms with Gasteiger partial charge in [-0.2, -0.15) is 4.99 Å². The third kappa shape index (κ3) is 3.88. The highest BCUT2D eigenvalue weighted by molar-refractivity contribution is 6.02. The van der Waals surface area contributed by atoms with E-state index in [0.717, 1.165) is 0 Å². The largest absolute Gasteiger partial charge is 0.573 e. The Labute approximate surface area is 138 Å². The molecule has 0 bridgehead atoms. The summed E-state index contributed by atoms with van der Waals surface area (Å²) >= 11 is 0. The van der Waals surface area contributed by atoms with Crippen molar-refractivity contribution >= 4 is 11.8 Å². The zero-order valence-electron chi connectivity index (χ0n) is 14.0. The molecule has 0 spiro atoms. The first-order valence-corrected chi connectivity index (χ1v) is 7.68. The van der Waals surface area contributed by atoms with E-state index in [1.165, 1.54) is 12.1 Å². The monoisotopic (exact) mass is 343 g/mol. The van der Waals surface area contributed by atoms with Crippen molar-refractivity contribution < 1.29 is 27.4 Å². The first kappa shape index (κ1) is 18.3. The van der Waals surface area contributed by atoms with Crippen LogP contribution in [-0.2, 0) is 9.53 Å². The summed E-state index contributed by atoms with van der Waals surface area (Å²) in [6.45, 7) is 7.11. The van der Waals surface area contributed by atoms with Gasteiger partial charge in [0.1, 0.15) is 5.75 Å². The SMILES string of the molecule is CC(C)C1(C)OC(C[C@@H](C)c2ccccc2OC(F)(F)F)=NC1=O. The smallest absolute Gasteiger partial charge is 0.464 e. The van der Waals surface area contributed by atoms with Gasteiger partial charge in [0.25, 0.3) is 5.91 Å². The Bertz CT molecular complexity index is 655. The quantitative estimate of drug-likeness (QED) is 0.794. The fourth-order valence-electron chi connectivity index (χ4n) is 2.46. The number of carbonyl (C=O) groups is 1. The average Bonchev–Trinajstić information content (AvgIpc) is 2.73. The molecule has 132 valence electrons. The van der Waals surface area contributed by atoms with Crippen molar-refractivity contribution in [3.8, 4) is 5.75 Å². The van der Waals surface area contributed by atoms with Crippen molar-refractivity contribution in [2.24, 2.45) is 10.9 Å². The molecule has 24 heavy (non-hydrogen) atoms. The molecule has 0 aliphatic carbocycles. The summed E-state index contributed by atoms with van der Waals surface area (Å²) in [6.07, 6.45) is -4.55. The van der Waals surface area contributed by atoms with Gasteiger partial charge in [0.15, 0.2) is 11.5 Å². The van der Waals surface area contributed by atoms with Crippen LogP contribution in [0.4, 0.5) is 13.2 Å². The van der Waals surface area contributed by atoms with Crippen LogP contribution in [0.5, 0.6) is 5.75 Å². The van der Waals surface area contributed by atoms with Crippen LogP contribution >= 0.6 is 0 Å². The standard InChI is InChI=1S/C17H20F3NO3/c1-10(2)16(4)15(22)21-14(24-16)9-11(3)12-7-5-6-8-13(12)23-17(18,19)20/h5-8,10-11H,9H2,1-4H3/t11-,16?/m1/s1. The average molecular weight is 343 g/mol. The van der Waals surface area contributed by atoms with Crippen LogP contribution < -0.4 is 4.74 Å². The number of nitrogens with zero attached hydrogens (tertiary/aromatic N) is 1. The van der Waals surface area contributed by atoms with Crippen LogP contribution in [0.2, 0.25) is 0 Å². The first-order chi connectivity index (χ1) is 11.0. The minimum atomic E-state index is -4.76. The van der Waals surface area contributed by atoms with Crippen molar-refractivity contribution in [1.82, 2.24) is 0 Å². The molecular formula is C17H20F3NO3. The second-order valence-corrected chi connectivity index (χ2v) is 6.37. The molecule has 0 saturated heterocycles. The topological polar surface area (TPSA) is 47.9 Å². The van der Waals surface area contributed by atoms with Crippen LogP contribution in [0.1, 0.15) is 45.6 Å². The molecular weight excluding hydrogens is 323 g/mol. The minimum absolute atomic E-state index is 0.0672. The third-order valence-electron chi connectivity index (χ3n) is 4.24. The highest BCUT2D eigenvalue weighted by atomic mass is 19.4. The van der Waals surface area contributed by atoms with Gasteiger partial charge in [-0.05, 0) is 24.5 Å². The molecule has 7 heteroatoms. The zero-order chi connectivity index (χ0) is 18.1. The number of aliphatic imine (C=N–C) groups is 1. The van der Waals surface area contributed by atoms with E-state index in [9.17, 15) is 18.0 Å². The molecule has 1 amide bonds. The molecule has 1 heterocycles. The lowest BCUT2D eigenvalue weighted by molar-refractivity contribution is -0.274. The number of ether oxygens (including phenoxy) is 2. The molecule has 4 nitrogen and oxygen atoms in total. The van der Waals surface area contributed by atoms with Gasteiger partial charge in [-0.25, -0.2) is 0 Å². The zero-order valence-corrected chi connectivity index (χ0v) is 14.0. The number of amides is 1. The normalized spacial score (nSPS) is 22.3. The summed E-state index contributed by atoms with van der Waals surface area (Å²) in [4.78, 5) is 16.0. The minimum Gasteiger partial charge on any atom is -0.464 e. The van der Waals surface area contributed by atoms with Crippen LogP contribution in [0, 0.1) is 5.92 Å². The number of para-hydroxylation sites is 1. The molecule has 1 unspecified atom stereocenters. The Morgan fingerprint density at radius 1 is 1.25 bits per heavy atom. The van der Waals surface area contributed by atoms with E-state index in [4.69, 9.17) is 4.74 Å². The van der Waals surface area contributed by atoms with Gasteiger partial charge in [-0.3, -0.25) is 4.79 Å². The van der Waals surface area contributed by atoms with Crippen molar-refractivity contribution in [3.63, 3.8) is 0 Å². The van der Waals surface area contributed by atoms with Crippen LogP contribution in [0.3, 0.4) is 0 Å². The maximum atomic E-state index is 12.5. The van der Waals surface area contributed by atoms with Gasteiger partial charge < -0.3 is 9.47 Å². The molecule has 0 radical (unpaired) electrons. The molecule has 0 saturated carbocycles. The number of alkyl halides is 3. The maximum Gasteiger partial charge on any atom is 0.573 e. The van der Waals surface area contributed by atoms with Gasteiger partial charge in [0.2, 0.25) is 0 Å². The number of carbonyl (C=O) groups excluding carboxylic acids is 1. The Hall–Kier alpha value is -2.05. The van der Waals surface area contributed by atoms with Crippen LogP contribution in [-0.4, -0.2) is 23.8 Å². The number of hydrogen-bond acceptors (Lipinski definition) is 3.